The molecule has 122 valence electrons. The van der Waals surface area contributed by atoms with Gasteiger partial charge in [-0.15, -0.1) is 0 Å². The Balaban J connectivity index is 1.78. The van der Waals surface area contributed by atoms with Crippen molar-refractivity contribution in [2.45, 2.75) is 13.2 Å². The number of carbonyl (C=O) groups is 1. The van der Waals surface area contributed by atoms with Gasteiger partial charge < -0.3 is 20.1 Å². The average molecular weight is 314 g/mol. The van der Waals surface area contributed by atoms with E-state index in [1.54, 1.807) is 7.11 Å². The number of ether oxygens (including phenoxy) is 2. The van der Waals surface area contributed by atoms with Crippen molar-refractivity contribution in [2.75, 3.05) is 25.6 Å². The molecule has 5 nitrogen and oxygen atoms in total. The lowest BCUT2D eigenvalue weighted by Gasteiger charge is -2.09. The lowest BCUT2D eigenvalue weighted by Crippen LogP contribution is -2.28. The first-order chi connectivity index (χ1) is 11.3. The molecule has 0 heterocycles. The summed E-state index contributed by atoms with van der Waals surface area (Å²) < 4.78 is 10.4. The Labute approximate surface area is 136 Å². The number of hydrogen-bond donors (Lipinski definition) is 2. The summed E-state index contributed by atoms with van der Waals surface area (Å²) >= 11 is 0. The zero-order valence-electron chi connectivity index (χ0n) is 13.2. The predicted molar refractivity (Wildman–Crippen MR) is 90.3 cm³/mol. The first-order valence-corrected chi connectivity index (χ1v) is 7.52. The second kappa shape index (κ2) is 9.61. The summed E-state index contributed by atoms with van der Waals surface area (Å²) in [6.45, 7) is 2.10. The zero-order valence-corrected chi connectivity index (χ0v) is 13.2. The van der Waals surface area contributed by atoms with Gasteiger partial charge in [0.05, 0.1) is 19.8 Å². The molecule has 0 aliphatic carbocycles. The van der Waals surface area contributed by atoms with E-state index in [9.17, 15) is 4.79 Å². The monoisotopic (exact) mass is 314 g/mol. The fourth-order valence-electron chi connectivity index (χ4n) is 2.02. The van der Waals surface area contributed by atoms with Crippen LogP contribution in [-0.4, -0.2) is 26.4 Å². The molecule has 0 saturated heterocycles. The van der Waals surface area contributed by atoms with Crippen molar-refractivity contribution in [3.05, 3.63) is 65.7 Å². The molecule has 0 aliphatic rings. The molecule has 2 aromatic rings. The Bertz CT molecular complexity index is 602. The van der Waals surface area contributed by atoms with Gasteiger partial charge in [-0.3, -0.25) is 0 Å². The molecule has 0 unspecified atom stereocenters. The summed E-state index contributed by atoms with van der Waals surface area (Å²) in [4.78, 5) is 11.9. The van der Waals surface area contributed by atoms with E-state index < -0.39 is 0 Å². The Morgan fingerprint density at radius 3 is 2.57 bits per heavy atom. The first-order valence-electron chi connectivity index (χ1n) is 7.52. The van der Waals surface area contributed by atoms with Crippen molar-refractivity contribution in [2.24, 2.45) is 0 Å². The second-order valence-electron chi connectivity index (χ2n) is 5.04. The lowest BCUT2D eigenvalue weighted by molar-refractivity contribution is 0.0617. The van der Waals surface area contributed by atoms with E-state index in [-0.39, 0.29) is 6.03 Å². The van der Waals surface area contributed by atoms with Gasteiger partial charge in [-0.25, -0.2) is 4.79 Å². The molecule has 0 aliphatic heterocycles. The summed E-state index contributed by atoms with van der Waals surface area (Å²) in [7, 11) is 1.64. The van der Waals surface area contributed by atoms with Crippen LogP contribution in [0.25, 0.3) is 0 Å². The van der Waals surface area contributed by atoms with Crippen LogP contribution in [0.4, 0.5) is 10.5 Å². The van der Waals surface area contributed by atoms with Crippen LogP contribution in [0.2, 0.25) is 0 Å². The lowest BCUT2D eigenvalue weighted by atomic mass is 10.2. The van der Waals surface area contributed by atoms with E-state index in [1.807, 2.05) is 54.6 Å². The Morgan fingerprint density at radius 1 is 1.00 bits per heavy atom. The first kappa shape index (κ1) is 17.0. The zero-order chi connectivity index (χ0) is 16.3. The SMILES string of the molecule is COCCOCc1cccc(NC(=O)NCc2ccccc2)c1. The number of rotatable bonds is 8. The van der Waals surface area contributed by atoms with Crippen LogP contribution in [0.3, 0.4) is 0 Å². The van der Waals surface area contributed by atoms with Gasteiger partial charge in [-0.2, -0.15) is 0 Å². The fraction of sp³-hybridized carbons (Fsp3) is 0.278. The molecule has 2 N–H and O–H groups in total. The number of nitrogens with one attached hydrogen (secondary N) is 2. The predicted octanol–water partition coefficient (Wildman–Crippen LogP) is 3.17. The number of carbonyl (C=O) groups excluding carboxylic acids is 1. The summed E-state index contributed by atoms with van der Waals surface area (Å²) in [5.74, 6) is 0. The van der Waals surface area contributed by atoms with Crippen LogP contribution in [0.5, 0.6) is 0 Å². The van der Waals surface area contributed by atoms with Gasteiger partial charge in [0, 0.05) is 19.3 Å². The number of anilines is 1. The molecule has 2 rings (SSSR count). The van der Waals surface area contributed by atoms with Gasteiger partial charge in [0.2, 0.25) is 0 Å². The topological polar surface area (TPSA) is 59.6 Å². The minimum atomic E-state index is -0.230. The molecule has 2 aromatic carbocycles. The summed E-state index contributed by atoms with van der Waals surface area (Å²) in [5.41, 5.74) is 2.80. The third-order valence-electron chi connectivity index (χ3n) is 3.18. The molecule has 2 amide bonds. The maximum Gasteiger partial charge on any atom is 0.319 e. The molecule has 0 atom stereocenters. The van der Waals surface area contributed by atoms with Crippen molar-refractivity contribution < 1.29 is 14.3 Å². The fourth-order valence-corrected chi connectivity index (χ4v) is 2.02. The molecular weight excluding hydrogens is 292 g/mol. The van der Waals surface area contributed by atoms with E-state index in [2.05, 4.69) is 10.6 Å². The van der Waals surface area contributed by atoms with Gasteiger partial charge in [-0.1, -0.05) is 42.5 Å². The third-order valence-corrected chi connectivity index (χ3v) is 3.18. The van der Waals surface area contributed by atoms with Crippen LogP contribution in [0, 0.1) is 0 Å². The molecule has 0 radical (unpaired) electrons. The molecule has 5 heteroatoms. The van der Waals surface area contributed by atoms with E-state index >= 15 is 0 Å². The Morgan fingerprint density at radius 2 is 1.78 bits per heavy atom. The Hall–Kier alpha value is -2.37. The van der Waals surface area contributed by atoms with Gasteiger partial charge in [-0.05, 0) is 23.3 Å². The molecule has 0 saturated carbocycles. The summed E-state index contributed by atoms with van der Waals surface area (Å²) in [6, 6.07) is 17.1. The molecule has 0 aromatic heterocycles. The van der Waals surface area contributed by atoms with Gasteiger partial charge in [0.25, 0.3) is 0 Å². The number of urea groups is 1. The average Bonchev–Trinajstić information content (AvgIpc) is 2.58. The van der Waals surface area contributed by atoms with Crippen LogP contribution >= 0.6 is 0 Å². The summed E-state index contributed by atoms with van der Waals surface area (Å²) in [6.07, 6.45) is 0. The molecule has 0 spiro atoms. The highest BCUT2D eigenvalue weighted by Crippen LogP contribution is 2.11. The molecule has 0 fully saturated rings. The van der Waals surface area contributed by atoms with Crippen LogP contribution in [0.15, 0.2) is 54.6 Å². The molecule has 0 bridgehead atoms. The third kappa shape index (κ3) is 6.50. The van der Waals surface area contributed by atoms with Gasteiger partial charge in [0.1, 0.15) is 0 Å². The van der Waals surface area contributed by atoms with Crippen molar-refractivity contribution in [1.82, 2.24) is 5.32 Å². The number of hydrogen-bond acceptors (Lipinski definition) is 3. The second-order valence-corrected chi connectivity index (χ2v) is 5.04. The highest BCUT2D eigenvalue weighted by atomic mass is 16.5. The van der Waals surface area contributed by atoms with Crippen molar-refractivity contribution in [3.63, 3.8) is 0 Å². The standard InChI is InChI=1S/C18H22N2O3/c1-22-10-11-23-14-16-8-5-9-17(12-16)20-18(21)19-13-15-6-3-2-4-7-15/h2-9,12H,10-11,13-14H2,1H3,(H2,19,20,21). The van der Waals surface area contributed by atoms with E-state index in [1.165, 1.54) is 0 Å². The van der Waals surface area contributed by atoms with Crippen LogP contribution < -0.4 is 10.6 Å². The minimum Gasteiger partial charge on any atom is -0.382 e. The quantitative estimate of drug-likeness (QED) is 0.736. The van der Waals surface area contributed by atoms with Gasteiger partial charge >= 0.3 is 6.03 Å². The van der Waals surface area contributed by atoms with Crippen LogP contribution in [0.1, 0.15) is 11.1 Å². The number of amides is 2. The molecule has 23 heavy (non-hydrogen) atoms. The highest BCUT2D eigenvalue weighted by Gasteiger charge is 2.02. The van der Waals surface area contributed by atoms with Crippen molar-refractivity contribution >= 4 is 11.7 Å². The number of benzene rings is 2. The number of methoxy groups -OCH3 is 1. The van der Waals surface area contributed by atoms with Crippen molar-refractivity contribution in [1.29, 1.82) is 0 Å². The minimum absolute atomic E-state index is 0.230. The maximum absolute atomic E-state index is 11.9. The molecular formula is C18H22N2O3. The van der Waals surface area contributed by atoms with E-state index in [0.29, 0.717) is 26.4 Å². The smallest absolute Gasteiger partial charge is 0.319 e. The van der Waals surface area contributed by atoms with E-state index in [4.69, 9.17) is 9.47 Å². The van der Waals surface area contributed by atoms with Gasteiger partial charge in [0.15, 0.2) is 0 Å². The normalized spacial score (nSPS) is 10.3. The van der Waals surface area contributed by atoms with E-state index in [0.717, 1.165) is 16.8 Å². The van der Waals surface area contributed by atoms with Crippen molar-refractivity contribution in [3.8, 4) is 0 Å². The Kier molecular flexibility index (Phi) is 7.10. The summed E-state index contributed by atoms with van der Waals surface area (Å²) in [5, 5.41) is 5.65. The largest absolute Gasteiger partial charge is 0.382 e. The maximum atomic E-state index is 11.9. The van der Waals surface area contributed by atoms with Crippen LogP contribution in [-0.2, 0) is 22.6 Å². The highest BCUT2D eigenvalue weighted by molar-refractivity contribution is 5.89.